The van der Waals surface area contributed by atoms with Crippen LogP contribution in [0.5, 0.6) is 5.75 Å². The summed E-state index contributed by atoms with van der Waals surface area (Å²) in [5, 5.41) is 17.8. The first-order valence-electron chi connectivity index (χ1n) is 8.96. The van der Waals surface area contributed by atoms with Gasteiger partial charge in [-0.25, -0.2) is 0 Å². The van der Waals surface area contributed by atoms with Gasteiger partial charge in [-0.2, -0.15) is 4.91 Å². The topological polar surface area (TPSA) is 74.2 Å². The van der Waals surface area contributed by atoms with Crippen molar-refractivity contribution in [1.29, 1.82) is 0 Å². The van der Waals surface area contributed by atoms with Crippen LogP contribution in [0.15, 0.2) is 35.5 Å². The van der Waals surface area contributed by atoms with Crippen molar-refractivity contribution in [3.8, 4) is 5.75 Å². The van der Waals surface area contributed by atoms with Gasteiger partial charge in [0.05, 0.1) is 13.2 Å². The second-order valence-electron chi connectivity index (χ2n) is 7.38. The molecule has 3 aliphatic rings. The molecule has 0 radical (unpaired) electrons. The van der Waals surface area contributed by atoms with E-state index in [4.69, 9.17) is 4.74 Å². The van der Waals surface area contributed by atoms with E-state index in [1.54, 1.807) is 7.11 Å². The quantitative estimate of drug-likeness (QED) is 0.647. The number of hydrogen-bond donors (Lipinski definition) is 2. The maximum Gasteiger partial charge on any atom is 0.127 e. The SMILES string of the molecule is COc1ccc(C)c(N[C@@H]2C3CCN4CC=CC(C34)[C@@H](N=O)C2O)c1. The number of ether oxygens (including phenoxy) is 1. The Morgan fingerprint density at radius 1 is 1.40 bits per heavy atom. The van der Waals surface area contributed by atoms with Gasteiger partial charge in [0.25, 0.3) is 0 Å². The van der Waals surface area contributed by atoms with E-state index >= 15 is 0 Å². The van der Waals surface area contributed by atoms with Gasteiger partial charge in [-0.15, -0.1) is 0 Å². The van der Waals surface area contributed by atoms with E-state index in [1.807, 2.05) is 25.1 Å². The zero-order valence-corrected chi connectivity index (χ0v) is 14.6. The second kappa shape index (κ2) is 6.42. The lowest BCUT2D eigenvalue weighted by atomic mass is 9.69. The molecule has 25 heavy (non-hydrogen) atoms. The van der Waals surface area contributed by atoms with Crippen LogP contribution >= 0.6 is 0 Å². The average molecular weight is 343 g/mol. The van der Waals surface area contributed by atoms with Gasteiger partial charge in [0.2, 0.25) is 0 Å². The molecule has 6 heteroatoms. The molecular weight excluding hydrogens is 318 g/mol. The number of methoxy groups -OCH3 is 1. The molecule has 2 heterocycles. The van der Waals surface area contributed by atoms with Crippen molar-refractivity contribution in [1.82, 2.24) is 4.90 Å². The van der Waals surface area contributed by atoms with Crippen LogP contribution in [-0.4, -0.2) is 54.4 Å². The minimum atomic E-state index is -0.794. The number of benzene rings is 1. The number of nitroso groups, excluding NO2 is 1. The summed E-state index contributed by atoms with van der Waals surface area (Å²) in [6, 6.07) is 5.35. The molecule has 1 saturated heterocycles. The summed E-state index contributed by atoms with van der Waals surface area (Å²) in [7, 11) is 1.64. The highest BCUT2D eigenvalue weighted by atomic mass is 16.5. The highest BCUT2D eigenvalue weighted by Crippen LogP contribution is 2.44. The fourth-order valence-corrected chi connectivity index (χ4v) is 4.90. The summed E-state index contributed by atoms with van der Waals surface area (Å²) in [5.41, 5.74) is 2.03. The summed E-state index contributed by atoms with van der Waals surface area (Å²) in [6.45, 7) is 3.95. The monoisotopic (exact) mass is 343 g/mol. The Hall–Kier alpha value is -1.92. The molecule has 0 amide bonds. The molecule has 1 aliphatic carbocycles. The normalized spacial score (nSPS) is 36.8. The lowest BCUT2D eigenvalue weighted by molar-refractivity contribution is 0.0115. The summed E-state index contributed by atoms with van der Waals surface area (Å²) in [4.78, 5) is 13.9. The molecule has 4 unspecified atom stereocenters. The average Bonchev–Trinajstić information content (AvgIpc) is 3.06. The number of nitrogens with one attached hydrogen (secondary N) is 1. The molecule has 6 atom stereocenters. The number of hydrogen-bond acceptors (Lipinski definition) is 6. The minimum Gasteiger partial charge on any atom is -0.497 e. The number of nitrogens with zero attached hydrogens (tertiary/aromatic N) is 2. The fraction of sp³-hybridized carbons (Fsp3) is 0.579. The molecule has 2 fully saturated rings. The standard InChI is InChI=1S/C19H25N3O3/c1-11-5-6-12(25-2)10-15(11)20-16-14-7-9-22-8-3-4-13(18(14)22)17(21-24)19(16)23/h3-6,10,13-14,16-20,23H,7-9H2,1-2H3/t13?,14?,16-,17-,18?,19?/m1/s1. The van der Waals surface area contributed by atoms with Crippen molar-refractivity contribution in [3.05, 3.63) is 40.8 Å². The van der Waals surface area contributed by atoms with Crippen LogP contribution in [-0.2, 0) is 0 Å². The molecule has 134 valence electrons. The zero-order valence-electron chi connectivity index (χ0n) is 14.6. The highest BCUT2D eigenvalue weighted by molar-refractivity contribution is 5.55. The summed E-state index contributed by atoms with van der Waals surface area (Å²) < 4.78 is 5.33. The molecule has 6 nitrogen and oxygen atoms in total. The Morgan fingerprint density at radius 3 is 3.00 bits per heavy atom. The molecule has 1 saturated carbocycles. The molecule has 4 rings (SSSR count). The summed E-state index contributed by atoms with van der Waals surface area (Å²) in [6.07, 6.45) is 4.42. The van der Waals surface area contributed by atoms with Gasteiger partial charge in [-0.05, 0) is 37.4 Å². The lowest BCUT2D eigenvalue weighted by Gasteiger charge is -2.48. The van der Waals surface area contributed by atoms with Gasteiger partial charge in [-0.1, -0.05) is 23.4 Å². The maximum atomic E-state index is 11.5. The smallest absolute Gasteiger partial charge is 0.127 e. The molecule has 1 aromatic rings. The first kappa shape index (κ1) is 16.5. The van der Waals surface area contributed by atoms with Crippen LogP contribution in [0.4, 0.5) is 5.69 Å². The first-order valence-corrected chi connectivity index (χ1v) is 8.96. The Kier molecular flexibility index (Phi) is 4.25. The largest absolute Gasteiger partial charge is 0.497 e. The van der Waals surface area contributed by atoms with E-state index in [-0.39, 0.29) is 18.0 Å². The molecule has 0 aromatic heterocycles. The van der Waals surface area contributed by atoms with Crippen molar-refractivity contribution in [2.24, 2.45) is 17.0 Å². The summed E-state index contributed by atoms with van der Waals surface area (Å²) in [5.74, 6) is 1.08. The van der Waals surface area contributed by atoms with Crippen molar-refractivity contribution in [2.75, 3.05) is 25.5 Å². The van der Waals surface area contributed by atoms with Crippen molar-refractivity contribution < 1.29 is 9.84 Å². The molecule has 1 aromatic carbocycles. The molecule has 0 bridgehead atoms. The van der Waals surface area contributed by atoms with E-state index in [1.165, 1.54) is 0 Å². The van der Waals surface area contributed by atoms with Crippen molar-refractivity contribution in [3.63, 3.8) is 0 Å². The maximum absolute atomic E-state index is 11.5. The molecular formula is C19H25N3O3. The van der Waals surface area contributed by atoms with Crippen molar-refractivity contribution in [2.45, 2.75) is 37.6 Å². The third-order valence-corrected chi connectivity index (χ3v) is 6.16. The van der Waals surface area contributed by atoms with E-state index in [2.05, 4.69) is 27.5 Å². The lowest BCUT2D eigenvalue weighted by Crippen LogP contribution is -2.61. The van der Waals surface area contributed by atoms with Crippen LogP contribution in [0.25, 0.3) is 0 Å². The van der Waals surface area contributed by atoms with Crippen molar-refractivity contribution >= 4 is 5.69 Å². The molecule has 0 spiro atoms. The molecule has 2 N–H and O–H groups in total. The van der Waals surface area contributed by atoms with Gasteiger partial charge in [0.15, 0.2) is 0 Å². The van der Waals surface area contributed by atoms with E-state index in [0.717, 1.165) is 36.5 Å². The van der Waals surface area contributed by atoms with Gasteiger partial charge in [-0.3, -0.25) is 4.90 Å². The third-order valence-electron chi connectivity index (χ3n) is 6.16. The van der Waals surface area contributed by atoms with Crippen LogP contribution < -0.4 is 10.1 Å². The Bertz CT molecular complexity index is 692. The molecule has 2 aliphatic heterocycles. The number of rotatable bonds is 4. The first-order chi connectivity index (χ1) is 12.1. The minimum absolute atomic E-state index is 0.0122. The third kappa shape index (κ3) is 2.64. The number of aliphatic hydroxyl groups is 1. The number of anilines is 1. The van der Waals surface area contributed by atoms with Crippen LogP contribution in [0.1, 0.15) is 12.0 Å². The van der Waals surface area contributed by atoms with Crippen LogP contribution in [0.3, 0.4) is 0 Å². The Morgan fingerprint density at radius 2 is 2.24 bits per heavy atom. The predicted molar refractivity (Wildman–Crippen MR) is 96.8 cm³/mol. The zero-order chi connectivity index (χ0) is 17.6. The second-order valence-corrected chi connectivity index (χ2v) is 7.38. The van der Waals surface area contributed by atoms with Gasteiger partial charge < -0.3 is 15.2 Å². The Labute approximate surface area is 147 Å². The van der Waals surface area contributed by atoms with Crippen LogP contribution in [0.2, 0.25) is 0 Å². The van der Waals surface area contributed by atoms with Gasteiger partial charge in [0.1, 0.15) is 17.9 Å². The number of aliphatic hydroxyl groups excluding tert-OH is 1. The van der Waals surface area contributed by atoms with E-state index < -0.39 is 12.1 Å². The van der Waals surface area contributed by atoms with Gasteiger partial charge in [0, 0.05) is 30.3 Å². The number of aryl methyl sites for hydroxylation is 1. The highest BCUT2D eigenvalue weighted by Gasteiger charge is 2.55. The van der Waals surface area contributed by atoms with E-state index in [0.29, 0.717) is 5.92 Å². The van der Waals surface area contributed by atoms with E-state index in [9.17, 15) is 10.0 Å². The van der Waals surface area contributed by atoms with Gasteiger partial charge >= 0.3 is 0 Å². The predicted octanol–water partition coefficient (Wildman–Crippen LogP) is 2.17. The Balaban J connectivity index is 1.67. The summed E-state index contributed by atoms with van der Waals surface area (Å²) >= 11 is 0. The van der Waals surface area contributed by atoms with Crippen LogP contribution in [0, 0.1) is 23.7 Å². The fourth-order valence-electron chi connectivity index (χ4n) is 4.90.